The number of thiophene rings is 1. The molecule has 1 aliphatic rings. The first-order valence-corrected chi connectivity index (χ1v) is 10.9. The van der Waals surface area contributed by atoms with Crippen LogP contribution in [0.3, 0.4) is 0 Å². The molecule has 0 bridgehead atoms. The van der Waals surface area contributed by atoms with Gasteiger partial charge in [0, 0.05) is 13.1 Å². The molecule has 0 saturated carbocycles. The number of anilines is 2. The van der Waals surface area contributed by atoms with E-state index in [0.717, 1.165) is 42.0 Å². The van der Waals surface area contributed by atoms with Crippen molar-refractivity contribution in [2.45, 2.75) is 24.4 Å². The fourth-order valence-corrected chi connectivity index (χ4v) is 4.52. The largest absolute Gasteiger partial charge is 0.356 e. The number of fused-ring (bicyclic) bond motifs is 1. The Morgan fingerprint density at radius 3 is 2.74 bits per heavy atom. The first-order chi connectivity index (χ1) is 13.2. The monoisotopic (exact) mass is 402 g/mol. The average Bonchev–Trinajstić information content (AvgIpc) is 3.14. The first kappa shape index (κ1) is 18.2. The van der Waals surface area contributed by atoms with E-state index < -0.39 is 5.82 Å². The van der Waals surface area contributed by atoms with Crippen LogP contribution in [0.4, 0.5) is 15.9 Å². The Bertz CT molecular complexity index is 985. The number of hydrogen-bond donors (Lipinski definition) is 1. The summed E-state index contributed by atoms with van der Waals surface area (Å²) in [5, 5.41) is 4.23. The van der Waals surface area contributed by atoms with Crippen LogP contribution >= 0.6 is 23.1 Å². The summed E-state index contributed by atoms with van der Waals surface area (Å²) in [6.07, 6.45) is 5.47. The van der Waals surface area contributed by atoms with Gasteiger partial charge in [0.2, 0.25) is 0 Å². The van der Waals surface area contributed by atoms with E-state index in [1.165, 1.54) is 35.6 Å². The second kappa shape index (κ2) is 7.82. The fraction of sp³-hybridized carbons (Fsp3) is 0.316. The molecule has 1 saturated heterocycles. The number of nitrogens with zero attached hydrogens (tertiary/aromatic N) is 3. The van der Waals surface area contributed by atoms with E-state index >= 15 is 0 Å². The van der Waals surface area contributed by atoms with Crippen LogP contribution in [0.1, 0.15) is 28.9 Å². The highest BCUT2D eigenvalue weighted by molar-refractivity contribution is 7.98. The molecule has 27 heavy (non-hydrogen) atoms. The van der Waals surface area contributed by atoms with Crippen molar-refractivity contribution in [2.24, 2.45) is 0 Å². The molecule has 0 spiro atoms. The highest BCUT2D eigenvalue weighted by Gasteiger charge is 2.21. The van der Waals surface area contributed by atoms with E-state index in [-0.39, 0.29) is 11.6 Å². The van der Waals surface area contributed by atoms with Gasteiger partial charge in [0.05, 0.1) is 16.0 Å². The van der Waals surface area contributed by atoms with E-state index in [9.17, 15) is 9.18 Å². The molecule has 1 fully saturated rings. The van der Waals surface area contributed by atoms with Crippen molar-refractivity contribution >= 4 is 50.7 Å². The summed E-state index contributed by atoms with van der Waals surface area (Å²) >= 11 is 2.80. The Hall–Kier alpha value is -2.19. The second-order valence-electron chi connectivity index (χ2n) is 6.35. The number of thioether (sulfide) groups is 1. The third kappa shape index (κ3) is 3.77. The molecule has 4 rings (SSSR count). The molecule has 0 aliphatic carbocycles. The number of piperidine rings is 1. The summed E-state index contributed by atoms with van der Waals surface area (Å²) in [6, 6.07) is 7.98. The SMILES string of the molecule is CSc1nc(N2CCCCC2)c2cc(C(=O)Nc3ccccc3F)sc2n1. The van der Waals surface area contributed by atoms with Crippen LogP contribution in [-0.4, -0.2) is 35.2 Å². The zero-order valence-electron chi connectivity index (χ0n) is 14.9. The predicted molar refractivity (Wildman–Crippen MR) is 110 cm³/mol. The minimum absolute atomic E-state index is 0.173. The third-order valence-corrected chi connectivity index (χ3v) is 6.11. The summed E-state index contributed by atoms with van der Waals surface area (Å²) in [5.74, 6) is 0.106. The van der Waals surface area contributed by atoms with Gasteiger partial charge >= 0.3 is 0 Å². The van der Waals surface area contributed by atoms with Crippen LogP contribution in [0.5, 0.6) is 0 Å². The lowest BCUT2D eigenvalue weighted by molar-refractivity contribution is 0.103. The number of benzene rings is 1. The molecule has 3 heterocycles. The van der Waals surface area contributed by atoms with Gasteiger partial charge in [-0.05, 0) is 43.7 Å². The molecule has 1 amide bonds. The Morgan fingerprint density at radius 2 is 2.00 bits per heavy atom. The minimum Gasteiger partial charge on any atom is -0.356 e. The third-order valence-electron chi connectivity index (χ3n) is 4.54. The smallest absolute Gasteiger partial charge is 0.265 e. The molecule has 8 heteroatoms. The van der Waals surface area contributed by atoms with Crippen LogP contribution in [-0.2, 0) is 0 Å². The van der Waals surface area contributed by atoms with Crippen molar-refractivity contribution in [1.82, 2.24) is 9.97 Å². The number of carbonyl (C=O) groups is 1. The number of amides is 1. The van der Waals surface area contributed by atoms with E-state index in [1.54, 1.807) is 18.2 Å². The minimum atomic E-state index is -0.453. The maximum atomic E-state index is 13.8. The number of aromatic nitrogens is 2. The summed E-state index contributed by atoms with van der Waals surface area (Å²) in [5.41, 5.74) is 0.173. The van der Waals surface area contributed by atoms with Crippen molar-refractivity contribution in [3.63, 3.8) is 0 Å². The summed E-state index contributed by atoms with van der Waals surface area (Å²) in [6.45, 7) is 1.93. The Kier molecular flexibility index (Phi) is 5.27. The molecule has 0 radical (unpaired) electrons. The first-order valence-electron chi connectivity index (χ1n) is 8.82. The molecule has 3 aromatic rings. The lowest BCUT2D eigenvalue weighted by Crippen LogP contribution is -2.30. The second-order valence-corrected chi connectivity index (χ2v) is 8.15. The van der Waals surface area contributed by atoms with Crippen molar-refractivity contribution in [1.29, 1.82) is 0 Å². The van der Waals surface area contributed by atoms with E-state index in [1.807, 2.05) is 12.3 Å². The molecule has 140 valence electrons. The number of hydrogen-bond acceptors (Lipinski definition) is 6. The highest BCUT2D eigenvalue weighted by Crippen LogP contribution is 2.34. The average molecular weight is 403 g/mol. The lowest BCUT2D eigenvalue weighted by Gasteiger charge is -2.28. The molecular formula is C19H19FN4OS2. The number of para-hydroxylation sites is 1. The molecule has 2 aromatic heterocycles. The van der Waals surface area contributed by atoms with Gasteiger partial charge in [0.25, 0.3) is 5.91 Å². The Balaban J connectivity index is 1.70. The van der Waals surface area contributed by atoms with Gasteiger partial charge in [0.15, 0.2) is 5.16 Å². The van der Waals surface area contributed by atoms with Gasteiger partial charge in [-0.2, -0.15) is 0 Å². The van der Waals surface area contributed by atoms with Crippen LogP contribution < -0.4 is 10.2 Å². The zero-order valence-corrected chi connectivity index (χ0v) is 16.5. The quantitative estimate of drug-likeness (QED) is 0.502. The molecule has 5 nitrogen and oxygen atoms in total. The number of nitrogens with one attached hydrogen (secondary N) is 1. The summed E-state index contributed by atoms with van der Waals surface area (Å²) in [4.78, 5) is 25.5. The summed E-state index contributed by atoms with van der Waals surface area (Å²) in [7, 11) is 0. The molecule has 1 N–H and O–H groups in total. The Morgan fingerprint density at radius 1 is 1.22 bits per heavy atom. The lowest BCUT2D eigenvalue weighted by atomic mass is 10.1. The number of carbonyl (C=O) groups excluding carboxylic acids is 1. The fourth-order valence-electron chi connectivity index (χ4n) is 3.18. The van der Waals surface area contributed by atoms with E-state index in [2.05, 4.69) is 15.2 Å². The number of halogens is 1. The maximum absolute atomic E-state index is 13.8. The van der Waals surface area contributed by atoms with E-state index in [0.29, 0.717) is 10.0 Å². The van der Waals surface area contributed by atoms with Crippen molar-refractivity contribution in [3.8, 4) is 0 Å². The van der Waals surface area contributed by atoms with Crippen molar-refractivity contribution in [2.75, 3.05) is 29.6 Å². The molecular weight excluding hydrogens is 383 g/mol. The number of rotatable bonds is 4. The predicted octanol–water partition coefficient (Wildman–Crippen LogP) is 4.79. The maximum Gasteiger partial charge on any atom is 0.265 e. The van der Waals surface area contributed by atoms with Crippen LogP contribution in [0.25, 0.3) is 10.2 Å². The normalized spacial score (nSPS) is 14.5. The molecule has 1 aromatic carbocycles. The van der Waals surface area contributed by atoms with Crippen molar-refractivity contribution in [3.05, 3.63) is 41.0 Å². The molecule has 0 unspecified atom stereocenters. The van der Waals surface area contributed by atoms with Gasteiger partial charge in [-0.25, -0.2) is 14.4 Å². The van der Waals surface area contributed by atoms with Gasteiger partial charge in [-0.15, -0.1) is 11.3 Å². The van der Waals surface area contributed by atoms with Gasteiger partial charge in [0.1, 0.15) is 16.5 Å². The summed E-state index contributed by atoms with van der Waals surface area (Å²) < 4.78 is 13.8. The standard InChI is InChI=1S/C19H19FN4OS2/c1-26-19-22-16(24-9-5-2-6-10-24)12-11-15(27-18(12)23-19)17(25)21-14-8-4-3-7-13(14)20/h3-4,7-8,11H,2,5-6,9-10H2,1H3,(H,21,25). The topological polar surface area (TPSA) is 58.1 Å². The van der Waals surface area contributed by atoms with Crippen LogP contribution in [0, 0.1) is 5.82 Å². The molecule has 0 atom stereocenters. The Labute approximate surface area is 165 Å². The van der Waals surface area contributed by atoms with Crippen LogP contribution in [0.2, 0.25) is 0 Å². The van der Waals surface area contributed by atoms with Crippen LogP contribution in [0.15, 0.2) is 35.5 Å². The van der Waals surface area contributed by atoms with Gasteiger partial charge in [-0.3, -0.25) is 4.79 Å². The van der Waals surface area contributed by atoms with Crippen molar-refractivity contribution < 1.29 is 9.18 Å². The zero-order chi connectivity index (χ0) is 18.8. The van der Waals surface area contributed by atoms with Gasteiger partial charge < -0.3 is 10.2 Å². The highest BCUT2D eigenvalue weighted by atomic mass is 32.2. The van der Waals surface area contributed by atoms with Gasteiger partial charge in [-0.1, -0.05) is 23.9 Å². The van der Waals surface area contributed by atoms with E-state index in [4.69, 9.17) is 4.98 Å². The molecule has 1 aliphatic heterocycles.